The highest BCUT2D eigenvalue weighted by molar-refractivity contribution is 8.00. The summed E-state index contributed by atoms with van der Waals surface area (Å²) in [7, 11) is 2.06. The van der Waals surface area contributed by atoms with E-state index in [-0.39, 0.29) is 0 Å². The van der Waals surface area contributed by atoms with E-state index in [9.17, 15) is 0 Å². The highest BCUT2D eigenvalue weighted by Gasteiger charge is 2.37. The molecular weight excluding hydrogens is 214 g/mol. The first kappa shape index (κ1) is 12.0. The van der Waals surface area contributed by atoms with Crippen LogP contribution in [0.3, 0.4) is 0 Å². The predicted molar refractivity (Wildman–Crippen MR) is 72.3 cm³/mol. The highest BCUT2D eigenvalue weighted by Crippen LogP contribution is 2.47. The SMILES string of the molecule is CNCC1(Sc2ccc(C)cc2C)CCC1. The Bertz CT molecular complexity index is 369. The number of thioether (sulfide) groups is 1. The number of benzene rings is 1. The van der Waals surface area contributed by atoms with E-state index in [4.69, 9.17) is 0 Å². The van der Waals surface area contributed by atoms with Crippen LogP contribution in [0.2, 0.25) is 0 Å². The Balaban J connectivity index is 2.13. The Hall–Kier alpha value is -0.470. The quantitative estimate of drug-likeness (QED) is 0.856. The second kappa shape index (κ2) is 4.80. The second-order valence-electron chi connectivity index (χ2n) is 4.94. The monoisotopic (exact) mass is 235 g/mol. The van der Waals surface area contributed by atoms with E-state index >= 15 is 0 Å². The Morgan fingerprint density at radius 3 is 2.56 bits per heavy atom. The van der Waals surface area contributed by atoms with Crippen molar-refractivity contribution in [3.05, 3.63) is 29.3 Å². The third-order valence-electron chi connectivity index (χ3n) is 3.42. The number of rotatable bonds is 4. The van der Waals surface area contributed by atoms with Gasteiger partial charge in [0.25, 0.3) is 0 Å². The van der Waals surface area contributed by atoms with Crippen molar-refractivity contribution in [3.63, 3.8) is 0 Å². The molecule has 16 heavy (non-hydrogen) atoms. The summed E-state index contributed by atoms with van der Waals surface area (Å²) in [5.74, 6) is 0. The van der Waals surface area contributed by atoms with Crippen LogP contribution in [0.1, 0.15) is 30.4 Å². The molecule has 1 aromatic carbocycles. The molecule has 88 valence electrons. The van der Waals surface area contributed by atoms with Crippen molar-refractivity contribution in [1.29, 1.82) is 0 Å². The molecule has 0 heterocycles. The zero-order chi connectivity index (χ0) is 11.6. The minimum atomic E-state index is 0.467. The third kappa shape index (κ3) is 2.44. The number of aryl methyl sites for hydroxylation is 2. The number of nitrogens with one attached hydrogen (secondary N) is 1. The lowest BCUT2D eigenvalue weighted by Crippen LogP contribution is -2.42. The summed E-state index contributed by atoms with van der Waals surface area (Å²) < 4.78 is 0.467. The van der Waals surface area contributed by atoms with Gasteiger partial charge in [0.15, 0.2) is 0 Å². The van der Waals surface area contributed by atoms with Gasteiger partial charge in [-0.05, 0) is 45.4 Å². The smallest absolute Gasteiger partial charge is 0.0331 e. The fourth-order valence-electron chi connectivity index (χ4n) is 2.36. The standard InChI is InChI=1S/C14H21NS/c1-11-5-6-13(12(2)9-11)16-14(10-15-3)7-4-8-14/h5-6,9,15H,4,7-8,10H2,1-3H3. The average Bonchev–Trinajstić information content (AvgIpc) is 2.18. The van der Waals surface area contributed by atoms with Crippen molar-refractivity contribution in [2.45, 2.75) is 42.8 Å². The summed E-state index contributed by atoms with van der Waals surface area (Å²) in [6, 6.07) is 6.79. The second-order valence-corrected chi connectivity index (χ2v) is 6.45. The van der Waals surface area contributed by atoms with Crippen LogP contribution >= 0.6 is 11.8 Å². The molecule has 0 amide bonds. The molecule has 0 spiro atoms. The molecule has 1 aromatic rings. The lowest BCUT2D eigenvalue weighted by atomic mass is 9.84. The molecule has 0 bridgehead atoms. The van der Waals surface area contributed by atoms with Gasteiger partial charge in [-0.1, -0.05) is 24.1 Å². The van der Waals surface area contributed by atoms with Crippen LogP contribution in [0.25, 0.3) is 0 Å². The van der Waals surface area contributed by atoms with Crippen molar-refractivity contribution >= 4 is 11.8 Å². The van der Waals surface area contributed by atoms with Gasteiger partial charge in [0.1, 0.15) is 0 Å². The summed E-state index contributed by atoms with van der Waals surface area (Å²) in [4.78, 5) is 1.46. The molecule has 0 atom stereocenters. The topological polar surface area (TPSA) is 12.0 Å². The van der Waals surface area contributed by atoms with Crippen molar-refractivity contribution in [3.8, 4) is 0 Å². The van der Waals surface area contributed by atoms with Gasteiger partial charge < -0.3 is 5.32 Å². The first-order valence-corrected chi connectivity index (χ1v) is 6.88. The first-order valence-electron chi connectivity index (χ1n) is 6.06. The average molecular weight is 235 g/mol. The van der Waals surface area contributed by atoms with Gasteiger partial charge in [0.2, 0.25) is 0 Å². The highest BCUT2D eigenvalue weighted by atomic mass is 32.2. The zero-order valence-corrected chi connectivity index (χ0v) is 11.3. The van der Waals surface area contributed by atoms with Gasteiger partial charge in [-0.15, -0.1) is 11.8 Å². The van der Waals surface area contributed by atoms with Crippen molar-refractivity contribution in [1.82, 2.24) is 5.32 Å². The maximum Gasteiger partial charge on any atom is 0.0331 e. The molecule has 0 radical (unpaired) electrons. The summed E-state index contributed by atoms with van der Waals surface area (Å²) in [6.45, 7) is 5.51. The fraction of sp³-hybridized carbons (Fsp3) is 0.571. The Morgan fingerprint density at radius 2 is 2.06 bits per heavy atom. The number of hydrogen-bond acceptors (Lipinski definition) is 2. The van der Waals surface area contributed by atoms with Gasteiger partial charge in [-0.2, -0.15) is 0 Å². The van der Waals surface area contributed by atoms with E-state index in [1.165, 1.54) is 35.3 Å². The fourth-order valence-corrected chi connectivity index (χ4v) is 3.89. The molecule has 1 aliphatic rings. The van der Waals surface area contributed by atoms with E-state index in [2.05, 4.69) is 56.2 Å². The van der Waals surface area contributed by atoms with E-state index in [1.807, 2.05) is 0 Å². The molecule has 0 unspecified atom stereocenters. The molecule has 2 rings (SSSR count). The molecular formula is C14H21NS. The van der Waals surface area contributed by atoms with Crippen LogP contribution in [0.15, 0.2) is 23.1 Å². The van der Waals surface area contributed by atoms with Gasteiger partial charge in [-0.3, -0.25) is 0 Å². The Labute approximate surface area is 103 Å². The predicted octanol–water partition coefficient (Wildman–Crippen LogP) is 3.54. The Morgan fingerprint density at radius 1 is 1.31 bits per heavy atom. The summed E-state index contributed by atoms with van der Waals surface area (Å²) in [6.07, 6.45) is 4.09. The molecule has 0 saturated heterocycles. The molecule has 1 nitrogen and oxygen atoms in total. The lowest BCUT2D eigenvalue weighted by molar-refractivity contribution is 0.353. The number of hydrogen-bond donors (Lipinski definition) is 1. The van der Waals surface area contributed by atoms with Crippen LogP contribution in [0.5, 0.6) is 0 Å². The van der Waals surface area contributed by atoms with Gasteiger partial charge in [-0.25, -0.2) is 0 Å². The zero-order valence-electron chi connectivity index (χ0n) is 10.5. The molecule has 2 heteroatoms. The molecule has 1 saturated carbocycles. The van der Waals surface area contributed by atoms with Crippen LogP contribution in [0.4, 0.5) is 0 Å². The van der Waals surface area contributed by atoms with Crippen LogP contribution in [-0.4, -0.2) is 18.3 Å². The van der Waals surface area contributed by atoms with Crippen LogP contribution in [0, 0.1) is 13.8 Å². The summed E-state index contributed by atoms with van der Waals surface area (Å²) in [5, 5.41) is 3.34. The molecule has 0 aromatic heterocycles. The normalized spacial score (nSPS) is 18.2. The maximum absolute atomic E-state index is 3.34. The van der Waals surface area contributed by atoms with E-state index in [0.717, 1.165) is 6.54 Å². The Kier molecular flexibility index (Phi) is 3.60. The summed E-state index contributed by atoms with van der Waals surface area (Å²) >= 11 is 2.08. The van der Waals surface area contributed by atoms with E-state index < -0.39 is 0 Å². The van der Waals surface area contributed by atoms with Crippen LogP contribution < -0.4 is 5.32 Å². The van der Waals surface area contributed by atoms with E-state index in [1.54, 1.807) is 0 Å². The lowest BCUT2D eigenvalue weighted by Gasteiger charge is -2.41. The van der Waals surface area contributed by atoms with Crippen molar-refractivity contribution < 1.29 is 0 Å². The van der Waals surface area contributed by atoms with Gasteiger partial charge in [0, 0.05) is 16.2 Å². The molecule has 1 N–H and O–H groups in total. The van der Waals surface area contributed by atoms with Crippen LogP contribution in [-0.2, 0) is 0 Å². The molecule has 1 aliphatic carbocycles. The third-order valence-corrected chi connectivity index (χ3v) is 5.08. The largest absolute Gasteiger partial charge is 0.318 e. The molecule has 1 fully saturated rings. The van der Waals surface area contributed by atoms with Gasteiger partial charge >= 0.3 is 0 Å². The first-order chi connectivity index (χ1) is 7.65. The molecule has 0 aliphatic heterocycles. The minimum Gasteiger partial charge on any atom is -0.318 e. The maximum atomic E-state index is 3.34. The summed E-state index contributed by atoms with van der Waals surface area (Å²) in [5.41, 5.74) is 2.78. The van der Waals surface area contributed by atoms with Crippen molar-refractivity contribution in [2.75, 3.05) is 13.6 Å². The van der Waals surface area contributed by atoms with Crippen molar-refractivity contribution in [2.24, 2.45) is 0 Å². The minimum absolute atomic E-state index is 0.467. The van der Waals surface area contributed by atoms with E-state index in [0.29, 0.717) is 4.75 Å². The van der Waals surface area contributed by atoms with Gasteiger partial charge in [0.05, 0.1) is 0 Å².